The van der Waals surface area contributed by atoms with Gasteiger partial charge in [-0.2, -0.15) is 0 Å². The van der Waals surface area contributed by atoms with Gasteiger partial charge in [0.2, 0.25) is 0 Å². The zero-order valence-electron chi connectivity index (χ0n) is 37.0. The molecule has 4 rings (SSSR count). The van der Waals surface area contributed by atoms with Crippen LogP contribution < -0.4 is 31.2 Å². The van der Waals surface area contributed by atoms with Crippen molar-refractivity contribution < 1.29 is 57.6 Å². The van der Waals surface area contributed by atoms with Gasteiger partial charge in [-0.3, -0.25) is 48.5 Å². The lowest BCUT2D eigenvalue weighted by atomic mass is 10.1. The first-order valence-corrected chi connectivity index (χ1v) is 20.5. The third kappa shape index (κ3) is 26.5. The number of nitrogens with one attached hydrogen (secondary N) is 3. The van der Waals surface area contributed by atoms with Crippen LogP contribution in [0.25, 0.3) is 0 Å². The lowest BCUT2D eigenvalue weighted by Crippen LogP contribution is -2.25. The van der Waals surface area contributed by atoms with Crippen LogP contribution in [0.3, 0.4) is 0 Å². The molecule has 3 heterocycles. The molecular weight excluding hydrogens is 843 g/mol. The van der Waals surface area contributed by atoms with Crippen molar-refractivity contribution in [1.82, 2.24) is 30.9 Å². The second kappa shape index (κ2) is 35.0. The Morgan fingerprint density at radius 3 is 1.42 bits per heavy atom. The van der Waals surface area contributed by atoms with E-state index in [2.05, 4.69) is 47.0 Å². The van der Waals surface area contributed by atoms with Crippen molar-refractivity contribution in [2.75, 3.05) is 47.5 Å². The SMILES string of the molecule is C=CCc1ccc(OC(=O)CCCNC(=O)c2cccnc2)c(OC)c1.COC(=O)CCCN.COC(=O)CCCNC(=O)c1cccnc1.O=C(O)CCCNC(=O)c1cccnc1. The lowest BCUT2D eigenvalue weighted by molar-refractivity contribution is -0.141. The highest BCUT2D eigenvalue weighted by molar-refractivity contribution is 5.94. The molecule has 0 aliphatic heterocycles. The number of carboxylic acids is 1. The molecule has 3 aromatic heterocycles. The molecule has 19 nitrogen and oxygen atoms in total. The summed E-state index contributed by atoms with van der Waals surface area (Å²) in [6.07, 6.45) is 14.9. The molecule has 0 aliphatic carbocycles. The summed E-state index contributed by atoms with van der Waals surface area (Å²) in [5, 5.41) is 16.4. The minimum absolute atomic E-state index is 0.0628. The molecule has 0 unspecified atom stereocenters. The van der Waals surface area contributed by atoms with Crippen molar-refractivity contribution in [3.05, 3.63) is 127 Å². The summed E-state index contributed by atoms with van der Waals surface area (Å²) in [5.74, 6) is -1.43. The average molecular weight is 902 g/mol. The van der Waals surface area contributed by atoms with Crippen molar-refractivity contribution in [3.63, 3.8) is 0 Å². The predicted molar refractivity (Wildman–Crippen MR) is 240 cm³/mol. The van der Waals surface area contributed by atoms with Crippen molar-refractivity contribution >= 4 is 41.6 Å². The summed E-state index contributed by atoms with van der Waals surface area (Å²) in [6, 6.07) is 15.5. The van der Waals surface area contributed by atoms with Gasteiger partial charge in [0.15, 0.2) is 11.5 Å². The van der Waals surface area contributed by atoms with Gasteiger partial charge in [-0.25, -0.2) is 0 Å². The van der Waals surface area contributed by atoms with E-state index in [0.717, 1.165) is 5.56 Å². The molecule has 0 aliphatic rings. The second-order valence-corrected chi connectivity index (χ2v) is 13.2. The Labute approximate surface area is 378 Å². The van der Waals surface area contributed by atoms with Gasteiger partial charge in [-0.1, -0.05) is 12.1 Å². The fourth-order valence-corrected chi connectivity index (χ4v) is 4.82. The van der Waals surface area contributed by atoms with E-state index in [1.807, 2.05) is 12.1 Å². The number of nitrogens with two attached hydrogens (primary N) is 1. The predicted octanol–water partition coefficient (Wildman–Crippen LogP) is 4.27. The Kier molecular flexibility index (Phi) is 29.9. The fourth-order valence-electron chi connectivity index (χ4n) is 4.82. The standard InChI is InChI=1S/C20H22N2O4.C11H14N2O3.C10H12N2O3.C5H11NO2/c1-3-6-15-9-10-17(18(13-15)25-2)26-19(23)8-5-12-22-20(24)16-7-4-11-21-14-16;1-16-10(14)5-3-7-13-11(15)9-4-2-6-12-8-9;13-9(14)4-2-6-12-10(15)8-3-1-5-11-7-8;1-8-5(7)3-2-4-6/h3-4,7,9-11,13-14H,1,5-6,8,12H2,2H3,(H,22,24);2,4,6,8H,3,5,7H2,1H3,(H,13,15);1,3,5,7H,2,4,6H2,(H,12,15)(H,13,14);2-4,6H2,1H3. The molecule has 6 N–H and O–H groups in total. The number of amides is 3. The van der Waals surface area contributed by atoms with Crippen molar-refractivity contribution in [1.29, 1.82) is 0 Å². The number of allylic oxidation sites excluding steroid dienone is 1. The summed E-state index contributed by atoms with van der Waals surface area (Å²) in [6.45, 7) is 5.43. The zero-order chi connectivity index (χ0) is 48.1. The third-order valence-electron chi connectivity index (χ3n) is 8.18. The molecule has 0 atom stereocenters. The van der Waals surface area contributed by atoms with Gasteiger partial charge in [0, 0.05) is 82.5 Å². The zero-order valence-corrected chi connectivity index (χ0v) is 37.0. The Morgan fingerprint density at radius 2 is 1.05 bits per heavy atom. The van der Waals surface area contributed by atoms with Gasteiger partial charge < -0.3 is 45.7 Å². The summed E-state index contributed by atoms with van der Waals surface area (Å²) >= 11 is 0. The number of rotatable bonds is 22. The normalized spacial score (nSPS) is 9.66. The molecule has 19 heteroatoms. The Hall–Kier alpha value is -7.54. The summed E-state index contributed by atoms with van der Waals surface area (Å²) in [4.78, 5) is 89.5. The van der Waals surface area contributed by atoms with Gasteiger partial charge in [-0.15, -0.1) is 6.58 Å². The maximum absolute atomic E-state index is 12.0. The molecule has 3 amide bonds. The molecule has 1 aromatic carbocycles. The first-order valence-electron chi connectivity index (χ1n) is 20.5. The first-order chi connectivity index (χ1) is 31.4. The average Bonchev–Trinajstić information content (AvgIpc) is 3.33. The molecule has 0 saturated carbocycles. The third-order valence-corrected chi connectivity index (χ3v) is 8.18. The largest absolute Gasteiger partial charge is 0.493 e. The number of carbonyl (C=O) groups is 7. The Morgan fingerprint density at radius 1 is 0.615 bits per heavy atom. The minimum atomic E-state index is -0.856. The Balaban J connectivity index is 0.000000469. The number of benzene rings is 1. The number of hydrogen-bond donors (Lipinski definition) is 5. The molecule has 0 spiro atoms. The molecular formula is C46H59N7O12. The minimum Gasteiger partial charge on any atom is -0.493 e. The van der Waals surface area contributed by atoms with E-state index in [-0.39, 0.29) is 48.5 Å². The van der Waals surface area contributed by atoms with Crippen LogP contribution in [-0.2, 0) is 35.1 Å². The van der Waals surface area contributed by atoms with Crippen LogP contribution in [0.5, 0.6) is 11.5 Å². The number of hydrogen-bond acceptors (Lipinski definition) is 15. The maximum Gasteiger partial charge on any atom is 0.311 e. The van der Waals surface area contributed by atoms with E-state index in [4.69, 9.17) is 20.3 Å². The molecule has 0 radical (unpaired) electrons. The van der Waals surface area contributed by atoms with Crippen LogP contribution >= 0.6 is 0 Å². The van der Waals surface area contributed by atoms with Gasteiger partial charge in [-0.05, 0) is 92.7 Å². The molecule has 0 saturated heterocycles. The maximum atomic E-state index is 12.0. The Bertz CT molecular complexity index is 2040. The lowest BCUT2D eigenvalue weighted by Gasteiger charge is -2.10. The highest BCUT2D eigenvalue weighted by atomic mass is 16.6. The number of aromatic nitrogens is 3. The number of ether oxygens (including phenoxy) is 4. The van der Waals surface area contributed by atoms with Crippen molar-refractivity contribution in [2.45, 2.75) is 57.8 Å². The number of esters is 3. The van der Waals surface area contributed by atoms with E-state index in [1.165, 1.54) is 39.9 Å². The van der Waals surface area contributed by atoms with Crippen molar-refractivity contribution in [2.24, 2.45) is 5.73 Å². The van der Waals surface area contributed by atoms with Crippen LogP contribution in [0.1, 0.15) is 88.0 Å². The molecule has 65 heavy (non-hydrogen) atoms. The highest BCUT2D eigenvalue weighted by Crippen LogP contribution is 2.28. The molecule has 0 bridgehead atoms. The van der Waals surface area contributed by atoms with Crippen LogP contribution in [-0.4, -0.2) is 109 Å². The number of aliphatic carboxylic acids is 1. The number of carbonyl (C=O) groups excluding carboxylic acids is 6. The van der Waals surface area contributed by atoms with Gasteiger partial charge in [0.1, 0.15) is 0 Å². The van der Waals surface area contributed by atoms with Crippen LogP contribution in [0, 0.1) is 0 Å². The van der Waals surface area contributed by atoms with E-state index < -0.39 is 5.97 Å². The quantitative estimate of drug-likeness (QED) is 0.0319. The van der Waals surface area contributed by atoms with Crippen LogP contribution in [0.15, 0.2) is 104 Å². The van der Waals surface area contributed by atoms with E-state index >= 15 is 0 Å². The number of carboxylic acid groups (broad SMARTS) is 1. The molecule has 350 valence electrons. The topological polar surface area (TPSA) is 277 Å². The molecule has 0 fully saturated rings. The van der Waals surface area contributed by atoms with Crippen molar-refractivity contribution in [3.8, 4) is 11.5 Å². The number of methoxy groups -OCH3 is 3. The smallest absolute Gasteiger partial charge is 0.311 e. The number of nitrogens with zero attached hydrogens (tertiary/aromatic N) is 3. The summed E-state index contributed by atoms with van der Waals surface area (Å²) in [7, 11) is 4.24. The monoisotopic (exact) mass is 901 g/mol. The van der Waals surface area contributed by atoms with Gasteiger partial charge in [0.05, 0.1) is 38.0 Å². The van der Waals surface area contributed by atoms with Crippen LogP contribution in [0.4, 0.5) is 0 Å². The van der Waals surface area contributed by atoms with Crippen LogP contribution in [0.2, 0.25) is 0 Å². The van der Waals surface area contributed by atoms with E-state index in [0.29, 0.717) is 99.3 Å². The second-order valence-electron chi connectivity index (χ2n) is 13.2. The van der Waals surface area contributed by atoms with Gasteiger partial charge in [0.25, 0.3) is 17.7 Å². The summed E-state index contributed by atoms with van der Waals surface area (Å²) < 4.78 is 19.5. The fraction of sp³-hybridized carbons (Fsp3) is 0.348. The van der Waals surface area contributed by atoms with E-state index in [1.54, 1.807) is 67.1 Å². The molecule has 4 aromatic rings. The first kappa shape index (κ1) is 55.5. The van der Waals surface area contributed by atoms with E-state index in [9.17, 15) is 33.6 Å². The highest BCUT2D eigenvalue weighted by Gasteiger charge is 2.12. The summed E-state index contributed by atoms with van der Waals surface area (Å²) in [5.41, 5.74) is 7.63. The van der Waals surface area contributed by atoms with Gasteiger partial charge >= 0.3 is 23.9 Å². The number of pyridine rings is 3.